The van der Waals surface area contributed by atoms with Crippen molar-refractivity contribution in [1.82, 2.24) is 4.90 Å². The lowest BCUT2D eigenvalue weighted by atomic mass is 9.96. The third kappa shape index (κ3) is 4.75. The predicted octanol–water partition coefficient (Wildman–Crippen LogP) is 0.633. The van der Waals surface area contributed by atoms with Gasteiger partial charge in [-0.05, 0) is 30.5 Å². The van der Waals surface area contributed by atoms with E-state index < -0.39 is 9.84 Å². The van der Waals surface area contributed by atoms with Crippen LogP contribution in [0.1, 0.15) is 18.4 Å². The summed E-state index contributed by atoms with van der Waals surface area (Å²) in [6.45, 7) is 1.14. The minimum absolute atomic E-state index is 0.0121. The van der Waals surface area contributed by atoms with Crippen LogP contribution in [-0.4, -0.2) is 66.2 Å². The highest BCUT2D eigenvalue weighted by Crippen LogP contribution is 2.34. The molecule has 2 atom stereocenters. The smallest absolute Gasteiger partial charge is 0.226 e. The molecule has 3 N–H and O–H groups in total. The van der Waals surface area contributed by atoms with Crippen LogP contribution in [0.4, 0.5) is 5.69 Å². The molecule has 3 aliphatic rings. The van der Waals surface area contributed by atoms with E-state index in [0.717, 1.165) is 16.4 Å². The molecule has 0 bridgehead atoms. The van der Waals surface area contributed by atoms with E-state index in [4.69, 9.17) is 5.73 Å². The number of hydrogen-bond acceptors (Lipinski definition) is 7. The average molecular weight is 437 g/mol. The minimum atomic E-state index is -2.95. The number of thioether (sulfide) groups is 1. The Morgan fingerprint density at radius 3 is 2.48 bits per heavy atom. The van der Waals surface area contributed by atoms with Gasteiger partial charge in [0.25, 0.3) is 0 Å². The zero-order valence-electron chi connectivity index (χ0n) is 15.9. The Morgan fingerprint density at radius 1 is 1.17 bits per heavy atom. The van der Waals surface area contributed by atoms with Gasteiger partial charge < -0.3 is 16.0 Å². The third-order valence-electron chi connectivity index (χ3n) is 5.63. The van der Waals surface area contributed by atoms with Crippen LogP contribution in [0.5, 0.6) is 0 Å². The second kappa shape index (κ2) is 7.98. The van der Waals surface area contributed by atoms with Gasteiger partial charge >= 0.3 is 0 Å². The summed E-state index contributed by atoms with van der Waals surface area (Å²) >= 11 is 1.48. The van der Waals surface area contributed by atoms with Crippen LogP contribution >= 0.6 is 11.8 Å². The number of carbonyl (C=O) groups excluding carboxylic acids is 2. The molecule has 3 aliphatic heterocycles. The number of fused-ring (bicyclic) bond motifs is 1. The van der Waals surface area contributed by atoms with Gasteiger partial charge in [-0.1, -0.05) is 23.9 Å². The molecule has 4 rings (SSSR count). The molecule has 2 amide bonds. The Bertz CT molecular complexity index is 937. The zero-order chi connectivity index (χ0) is 20.6. The van der Waals surface area contributed by atoms with E-state index >= 15 is 0 Å². The summed E-state index contributed by atoms with van der Waals surface area (Å²) in [6, 6.07) is 7.46. The molecule has 156 valence electrons. The molecule has 2 saturated heterocycles. The number of carbonyl (C=O) groups is 2. The quantitative estimate of drug-likeness (QED) is 0.714. The number of amidine groups is 1. The van der Waals surface area contributed by atoms with E-state index in [1.807, 2.05) is 24.3 Å². The SMILES string of the molecule is NC(=O)C1CCN(C(=O)Cc2ccc(NC3=N[C@H]4CS(=O)(=O)C[C@@H]4S3)cc2)CC1. The van der Waals surface area contributed by atoms with Crippen molar-refractivity contribution in [2.75, 3.05) is 29.9 Å². The van der Waals surface area contributed by atoms with E-state index in [1.165, 1.54) is 11.8 Å². The number of likely N-dealkylation sites (tertiary alicyclic amines) is 1. The van der Waals surface area contributed by atoms with Crippen molar-refractivity contribution in [3.8, 4) is 0 Å². The highest BCUT2D eigenvalue weighted by atomic mass is 32.2. The van der Waals surface area contributed by atoms with Crippen LogP contribution in [0.15, 0.2) is 29.3 Å². The van der Waals surface area contributed by atoms with Gasteiger partial charge in [0.1, 0.15) is 0 Å². The number of primary amides is 1. The lowest BCUT2D eigenvalue weighted by Gasteiger charge is -2.30. The van der Waals surface area contributed by atoms with Gasteiger partial charge in [-0.15, -0.1) is 0 Å². The standard InChI is InChI=1S/C19H24N4O4S2/c20-18(25)13-5-7-23(8-6-13)17(24)9-12-1-3-14(4-2-12)21-19-22-15-10-29(26,27)11-16(15)28-19/h1-4,13,15-16H,5-11H2,(H2,20,25)(H,21,22)/t15-,16-/m0/s1. The first-order valence-corrected chi connectivity index (χ1v) is 12.4. The summed E-state index contributed by atoms with van der Waals surface area (Å²) in [5, 5.41) is 3.99. The number of nitrogens with two attached hydrogens (primary N) is 1. The average Bonchev–Trinajstić information content (AvgIpc) is 3.15. The molecule has 0 saturated carbocycles. The first kappa shape index (κ1) is 20.2. The summed E-state index contributed by atoms with van der Waals surface area (Å²) in [6.07, 6.45) is 1.58. The largest absolute Gasteiger partial charge is 0.369 e. The fourth-order valence-electron chi connectivity index (χ4n) is 3.95. The van der Waals surface area contributed by atoms with Crippen molar-refractivity contribution in [3.63, 3.8) is 0 Å². The molecule has 1 aromatic carbocycles. The van der Waals surface area contributed by atoms with Crippen LogP contribution in [0.3, 0.4) is 0 Å². The van der Waals surface area contributed by atoms with Gasteiger partial charge in [-0.3, -0.25) is 14.6 Å². The van der Waals surface area contributed by atoms with E-state index in [0.29, 0.717) is 32.4 Å². The molecule has 8 nitrogen and oxygen atoms in total. The lowest BCUT2D eigenvalue weighted by Crippen LogP contribution is -2.42. The zero-order valence-corrected chi connectivity index (χ0v) is 17.5. The molecule has 29 heavy (non-hydrogen) atoms. The summed E-state index contributed by atoms with van der Waals surface area (Å²) < 4.78 is 23.3. The molecule has 1 aromatic rings. The Morgan fingerprint density at radius 2 is 1.86 bits per heavy atom. The summed E-state index contributed by atoms with van der Waals surface area (Å²) in [4.78, 5) is 30.0. The van der Waals surface area contributed by atoms with E-state index in [9.17, 15) is 18.0 Å². The first-order chi connectivity index (χ1) is 13.8. The van der Waals surface area contributed by atoms with Gasteiger partial charge in [-0.25, -0.2) is 8.42 Å². The van der Waals surface area contributed by atoms with Crippen LogP contribution < -0.4 is 11.1 Å². The Balaban J connectivity index is 1.29. The number of sulfone groups is 1. The van der Waals surface area contributed by atoms with Crippen molar-refractivity contribution in [2.24, 2.45) is 16.6 Å². The van der Waals surface area contributed by atoms with Crippen molar-refractivity contribution in [3.05, 3.63) is 29.8 Å². The number of amides is 2. The molecule has 2 fully saturated rings. The first-order valence-electron chi connectivity index (χ1n) is 9.67. The molecule has 0 spiro atoms. The maximum Gasteiger partial charge on any atom is 0.226 e. The molecular weight excluding hydrogens is 412 g/mol. The summed E-state index contributed by atoms with van der Waals surface area (Å²) in [5.74, 6) is -0.0308. The monoisotopic (exact) mass is 436 g/mol. The Hall–Kier alpha value is -2.07. The number of hydrogen-bond donors (Lipinski definition) is 2. The predicted molar refractivity (Wildman–Crippen MR) is 114 cm³/mol. The van der Waals surface area contributed by atoms with Gasteiger partial charge in [0.15, 0.2) is 15.0 Å². The fraction of sp³-hybridized carbons (Fsp3) is 0.526. The molecule has 0 aromatic heterocycles. The van der Waals surface area contributed by atoms with Gasteiger partial charge in [0.2, 0.25) is 11.8 Å². The number of nitrogens with one attached hydrogen (secondary N) is 1. The maximum absolute atomic E-state index is 12.5. The van der Waals surface area contributed by atoms with Gasteiger partial charge in [0, 0.05) is 29.9 Å². The third-order valence-corrected chi connectivity index (χ3v) is 8.77. The number of piperidine rings is 1. The summed E-state index contributed by atoms with van der Waals surface area (Å²) in [7, 11) is -2.95. The second-order valence-electron chi connectivity index (χ2n) is 7.79. The normalized spacial score (nSPS) is 26.1. The minimum Gasteiger partial charge on any atom is -0.369 e. The number of nitrogens with zero attached hydrogens (tertiary/aromatic N) is 2. The second-order valence-corrected chi connectivity index (χ2v) is 11.2. The Kier molecular flexibility index (Phi) is 5.56. The lowest BCUT2D eigenvalue weighted by molar-refractivity contribution is -0.134. The number of anilines is 1. The highest BCUT2D eigenvalue weighted by Gasteiger charge is 2.42. The number of benzene rings is 1. The van der Waals surface area contributed by atoms with Crippen molar-refractivity contribution in [2.45, 2.75) is 30.6 Å². The molecule has 3 heterocycles. The van der Waals surface area contributed by atoms with Gasteiger partial charge in [-0.2, -0.15) is 0 Å². The fourth-order valence-corrected chi connectivity index (χ4v) is 7.62. The molecule has 0 radical (unpaired) electrons. The van der Waals surface area contributed by atoms with E-state index in [-0.39, 0.29) is 40.5 Å². The van der Waals surface area contributed by atoms with Crippen LogP contribution in [0.2, 0.25) is 0 Å². The Labute approximate surface area is 174 Å². The number of rotatable bonds is 4. The van der Waals surface area contributed by atoms with E-state index in [2.05, 4.69) is 10.3 Å². The van der Waals surface area contributed by atoms with Crippen molar-refractivity contribution < 1.29 is 18.0 Å². The number of aliphatic imine (C=N–C) groups is 1. The van der Waals surface area contributed by atoms with Crippen LogP contribution in [0.25, 0.3) is 0 Å². The van der Waals surface area contributed by atoms with Crippen LogP contribution in [-0.2, 0) is 25.8 Å². The molecular formula is C19H24N4O4S2. The van der Waals surface area contributed by atoms with Crippen molar-refractivity contribution >= 4 is 44.3 Å². The topological polar surface area (TPSA) is 122 Å². The summed E-state index contributed by atoms with van der Waals surface area (Å²) in [5.41, 5.74) is 7.12. The highest BCUT2D eigenvalue weighted by molar-refractivity contribution is 8.15. The van der Waals surface area contributed by atoms with Crippen molar-refractivity contribution in [1.29, 1.82) is 0 Å². The molecule has 0 unspecified atom stereocenters. The maximum atomic E-state index is 12.5. The van der Waals surface area contributed by atoms with E-state index in [1.54, 1.807) is 4.90 Å². The molecule has 10 heteroatoms. The van der Waals surface area contributed by atoms with Crippen LogP contribution in [0, 0.1) is 5.92 Å². The van der Waals surface area contributed by atoms with Gasteiger partial charge in [0.05, 0.1) is 24.0 Å². The molecule has 0 aliphatic carbocycles.